The Labute approximate surface area is 185 Å². The smallest absolute Gasteiger partial charge is 0.326 e. The van der Waals surface area contributed by atoms with Gasteiger partial charge in [-0.3, -0.25) is 25.0 Å². The number of H-pyrrole nitrogens is 1. The Balaban J connectivity index is 2.07. The first-order valence-corrected chi connectivity index (χ1v) is 9.65. The van der Waals surface area contributed by atoms with Crippen LogP contribution in [0.3, 0.4) is 0 Å². The molecule has 0 unspecified atom stereocenters. The highest BCUT2D eigenvalue weighted by Gasteiger charge is 2.29. The van der Waals surface area contributed by atoms with Gasteiger partial charge in [-0.2, -0.15) is 0 Å². The molecule has 0 spiro atoms. The maximum Gasteiger partial charge on any atom is 0.326 e. The van der Waals surface area contributed by atoms with E-state index < -0.39 is 45.2 Å². The number of nitro groups is 2. The molecule has 3 rings (SSSR count). The fourth-order valence-corrected chi connectivity index (χ4v) is 3.32. The molecule has 0 saturated heterocycles. The lowest BCUT2D eigenvalue weighted by Gasteiger charge is -2.20. The molecule has 0 bridgehead atoms. The van der Waals surface area contributed by atoms with Gasteiger partial charge in [0.2, 0.25) is 5.91 Å². The number of aromatic nitrogens is 1. The van der Waals surface area contributed by atoms with Gasteiger partial charge in [0, 0.05) is 29.6 Å². The fourth-order valence-electron chi connectivity index (χ4n) is 3.32. The van der Waals surface area contributed by atoms with Crippen LogP contribution in [0.15, 0.2) is 42.6 Å². The number of carbonyl (C=O) groups excluding carboxylic acids is 1. The first kappa shape index (κ1) is 23.0. The molecule has 0 fully saturated rings. The van der Waals surface area contributed by atoms with Crippen LogP contribution in [0.2, 0.25) is 0 Å². The van der Waals surface area contributed by atoms with E-state index in [0.29, 0.717) is 5.56 Å². The minimum Gasteiger partial charge on any atom is -0.480 e. The van der Waals surface area contributed by atoms with Crippen LogP contribution in [-0.2, 0) is 16.0 Å². The number of nitro benzene ring substituents is 2. The summed E-state index contributed by atoms with van der Waals surface area (Å²) in [6.45, 7) is 1.35. The van der Waals surface area contributed by atoms with Crippen LogP contribution in [0, 0.1) is 20.2 Å². The number of nitrogens with zero attached hydrogens (tertiary/aromatic N) is 2. The molecule has 3 aromatic rings. The van der Waals surface area contributed by atoms with Crippen LogP contribution in [0.4, 0.5) is 22.7 Å². The Morgan fingerprint density at radius 2 is 1.85 bits per heavy atom. The maximum absolute atomic E-state index is 12.0. The van der Waals surface area contributed by atoms with Crippen LogP contribution in [0.1, 0.15) is 12.5 Å². The van der Waals surface area contributed by atoms with Gasteiger partial charge in [0.15, 0.2) is 0 Å². The van der Waals surface area contributed by atoms with Crippen molar-refractivity contribution in [3.8, 4) is 0 Å². The fraction of sp³-hybridized carbons (Fsp3) is 0.200. The number of carboxylic acid groups (broad SMARTS) is 1. The Bertz CT molecular complexity index is 1250. The molecule has 0 aliphatic carbocycles. The van der Waals surface area contributed by atoms with E-state index in [2.05, 4.69) is 15.6 Å². The minimum atomic E-state index is -1.31. The van der Waals surface area contributed by atoms with Gasteiger partial charge >= 0.3 is 11.7 Å². The molecule has 1 heterocycles. The third-order valence-corrected chi connectivity index (χ3v) is 5.02. The quantitative estimate of drug-likeness (QED) is 0.224. The molecule has 0 saturated carbocycles. The lowest BCUT2D eigenvalue weighted by atomic mass is 10.0. The standard InChI is InChI=1S/C20H20N6O7/c1-10(19(21)27)23-18-15(7-12(25(30)31)8-17(18)26(32)33)24-16(20(28)29)6-11-9-22-14-5-3-2-4-13(11)14/h2-5,7-10,16,22-24H,6H2,1H3,(H2,21,27)(H,28,29)/t10-,16-/m0/s1. The molecule has 13 heteroatoms. The number of para-hydroxylation sites is 1. The van der Waals surface area contributed by atoms with Crippen molar-refractivity contribution in [3.63, 3.8) is 0 Å². The second-order valence-corrected chi connectivity index (χ2v) is 7.27. The molecule has 2 aromatic carbocycles. The normalized spacial score (nSPS) is 12.6. The van der Waals surface area contributed by atoms with Crippen molar-refractivity contribution in [2.45, 2.75) is 25.4 Å². The van der Waals surface area contributed by atoms with E-state index in [-0.39, 0.29) is 17.8 Å². The van der Waals surface area contributed by atoms with Crippen LogP contribution in [0.25, 0.3) is 10.9 Å². The number of nitrogens with one attached hydrogen (secondary N) is 3. The third-order valence-electron chi connectivity index (χ3n) is 5.02. The van der Waals surface area contributed by atoms with E-state index in [1.54, 1.807) is 18.3 Å². The van der Waals surface area contributed by atoms with Crippen molar-refractivity contribution in [2.24, 2.45) is 5.73 Å². The van der Waals surface area contributed by atoms with Crippen LogP contribution < -0.4 is 16.4 Å². The molecule has 2 atom stereocenters. The number of nitrogens with two attached hydrogens (primary N) is 1. The van der Waals surface area contributed by atoms with Gasteiger partial charge in [0.05, 0.1) is 21.6 Å². The summed E-state index contributed by atoms with van der Waals surface area (Å²) in [4.78, 5) is 47.8. The molecular weight excluding hydrogens is 436 g/mol. The number of rotatable bonds is 10. The van der Waals surface area contributed by atoms with E-state index in [4.69, 9.17) is 5.73 Å². The molecule has 1 amide bonds. The largest absolute Gasteiger partial charge is 0.480 e. The van der Waals surface area contributed by atoms with Gasteiger partial charge in [-0.1, -0.05) is 18.2 Å². The molecule has 13 nitrogen and oxygen atoms in total. The second-order valence-electron chi connectivity index (χ2n) is 7.27. The number of amides is 1. The summed E-state index contributed by atoms with van der Waals surface area (Å²) in [6.07, 6.45) is 1.60. The summed E-state index contributed by atoms with van der Waals surface area (Å²) < 4.78 is 0. The van der Waals surface area contributed by atoms with Crippen LogP contribution in [0.5, 0.6) is 0 Å². The summed E-state index contributed by atoms with van der Waals surface area (Å²) in [5, 5.41) is 38.7. The monoisotopic (exact) mass is 456 g/mol. The van der Waals surface area contributed by atoms with Crippen molar-refractivity contribution in [1.29, 1.82) is 0 Å². The lowest BCUT2D eigenvalue weighted by molar-refractivity contribution is -0.393. The van der Waals surface area contributed by atoms with E-state index in [0.717, 1.165) is 23.0 Å². The predicted molar refractivity (Wildman–Crippen MR) is 119 cm³/mol. The van der Waals surface area contributed by atoms with E-state index in [9.17, 15) is 34.9 Å². The van der Waals surface area contributed by atoms with Gasteiger partial charge in [-0.25, -0.2) is 4.79 Å². The highest BCUT2D eigenvalue weighted by atomic mass is 16.6. The van der Waals surface area contributed by atoms with Crippen LogP contribution in [-0.4, -0.2) is 43.9 Å². The highest BCUT2D eigenvalue weighted by Crippen LogP contribution is 2.38. The number of hydrogen-bond acceptors (Lipinski definition) is 8. The molecule has 0 radical (unpaired) electrons. The number of aromatic amines is 1. The van der Waals surface area contributed by atoms with E-state index in [1.807, 2.05) is 12.1 Å². The Hall–Kier alpha value is -4.68. The van der Waals surface area contributed by atoms with Crippen molar-refractivity contribution in [1.82, 2.24) is 4.98 Å². The zero-order valence-electron chi connectivity index (χ0n) is 17.3. The Morgan fingerprint density at radius 1 is 1.15 bits per heavy atom. The molecule has 0 aliphatic rings. The summed E-state index contributed by atoms with van der Waals surface area (Å²) in [6, 6.07) is 6.53. The topological polar surface area (TPSA) is 207 Å². The second kappa shape index (κ2) is 9.21. The SMILES string of the molecule is C[C@H](Nc1c(N[C@@H](Cc2c[nH]c3ccccc23)C(=O)O)cc([N+](=O)[O-])cc1[N+](=O)[O-])C(N)=O. The molecule has 33 heavy (non-hydrogen) atoms. The maximum atomic E-state index is 12.0. The first-order valence-electron chi connectivity index (χ1n) is 9.65. The summed E-state index contributed by atoms with van der Waals surface area (Å²) in [5.74, 6) is -2.12. The summed E-state index contributed by atoms with van der Waals surface area (Å²) >= 11 is 0. The Morgan fingerprint density at radius 3 is 2.45 bits per heavy atom. The molecular formula is C20H20N6O7. The van der Waals surface area contributed by atoms with Crippen LogP contribution >= 0.6 is 0 Å². The number of carboxylic acids is 1. The molecule has 1 aromatic heterocycles. The number of anilines is 2. The number of benzene rings is 2. The van der Waals surface area contributed by atoms with Gasteiger partial charge in [0.25, 0.3) is 5.69 Å². The molecule has 6 N–H and O–H groups in total. The molecule has 172 valence electrons. The number of primary amides is 1. The Kier molecular flexibility index (Phi) is 6.42. The van der Waals surface area contributed by atoms with Gasteiger partial charge in [-0.15, -0.1) is 0 Å². The number of fused-ring (bicyclic) bond motifs is 1. The average molecular weight is 456 g/mol. The first-order chi connectivity index (χ1) is 15.6. The summed E-state index contributed by atoms with van der Waals surface area (Å²) in [5.41, 5.74) is 4.83. The zero-order chi connectivity index (χ0) is 24.3. The lowest BCUT2D eigenvalue weighted by Crippen LogP contribution is -2.34. The van der Waals surface area contributed by atoms with E-state index in [1.165, 1.54) is 6.92 Å². The third kappa shape index (κ3) is 4.98. The highest BCUT2D eigenvalue weighted by molar-refractivity contribution is 5.90. The van der Waals surface area contributed by atoms with Gasteiger partial charge in [0.1, 0.15) is 17.8 Å². The van der Waals surface area contributed by atoms with E-state index >= 15 is 0 Å². The van der Waals surface area contributed by atoms with Gasteiger partial charge in [-0.05, 0) is 18.6 Å². The van der Waals surface area contributed by atoms with Crippen molar-refractivity contribution in [2.75, 3.05) is 10.6 Å². The zero-order valence-corrected chi connectivity index (χ0v) is 17.3. The summed E-state index contributed by atoms with van der Waals surface area (Å²) in [7, 11) is 0. The van der Waals surface area contributed by atoms with Crippen molar-refractivity contribution < 1.29 is 24.5 Å². The van der Waals surface area contributed by atoms with Crippen molar-refractivity contribution in [3.05, 3.63) is 68.4 Å². The molecule has 0 aliphatic heterocycles. The number of carbonyl (C=O) groups is 2. The van der Waals surface area contributed by atoms with Crippen molar-refractivity contribution >= 4 is 45.5 Å². The average Bonchev–Trinajstić information content (AvgIpc) is 3.16. The minimum absolute atomic E-state index is 0.0410. The predicted octanol–water partition coefficient (Wildman–Crippen LogP) is 2.38. The number of hydrogen-bond donors (Lipinski definition) is 5. The number of non-ortho nitro benzene ring substituents is 1. The van der Waals surface area contributed by atoms with Gasteiger partial charge < -0.3 is 26.5 Å². The number of aliphatic carboxylic acids is 1.